The van der Waals surface area contributed by atoms with E-state index < -0.39 is 0 Å². The smallest absolute Gasteiger partial charge is 0.120 e. The summed E-state index contributed by atoms with van der Waals surface area (Å²) in [6.45, 7) is 12.3. The van der Waals surface area contributed by atoms with Crippen LogP contribution in [0.4, 0.5) is 22.7 Å². The topological polar surface area (TPSA) is 46.9 Å². The number of aliphatic hydroxyl groups excluding tert-OH is 2. The van der Waals surface area contributed by atoms with Gasteiger partial charge in [0.25, 0.3) is 0 Å². The standard InChI is InChI=1S/C40H40N2O2/c1-25-19-27(3)39(28(4)20-25)41(23-43)35-17-15-31-11-7-9-13-33(31)37(35)38-34-14-10-8-12-32(34)16-18-36(38)42(24-44)40-29(5)21-26(2)22-30(40)6/h7-22,43-44H,23-24H2,1-6H3. The molecule has 0 heterocycles. The second kappa shape index (κ2) is 11.8. The number of hydrogen-bond acceptors (Lipinski definition) is 4. The van der Waals surface area contributed by atoms with Crippen LogP contribution in [0, 0.1) is 41.5 Å². The molecule has 0 saturated carbocycles. The van der Waals surface area contributed by atoms with Gasteiger partial charge in [0.2, 0.25) is 0 Å². The Kier molecular flexibility index (Phi) is 7.89. The zero-order valence-corrected chi connectivity index (χ0v) is 26.4. The van der Waals surface area contributed by atoms with Crippen LogP contribution in [-0.4, -0.2) is 23.7 Å². The minimum Gasteiger partial charge on any atom is -0.376 e. The summed E-state index contributed by atoms with van der Waals surface area (Å²) in [4.78, 5) is 4.06. The van der Waals surface area contributed by atoms with Crippen molar-refractivity contribution in [2.45, 2.75) is 41.5 Å². The number of aryl methyl sites for hydroxylation is 6. The van der Waals surface area contributed by atoms with Crippen molar-refractivity contribution >= 4 is 44.3 Å². The van der Waals surface area contributed by atoms with Crippen LogP contribution in [0.3, 0.4) is 0 Å². The summed E-state index contributed by atoms with van der Waals surface area (Å²) in [5.74, 6) is 0. The first-order valence-corrected chi connectivity index (χ1v) is 15.2. The highest BCUT2D eigenvalue weighted by molar-refractivity contribution is 6.15. The second-order valence-electron chi connectivity index (χ2n) is 12.0. The highest BCUT2D eigenvalue weighted by atomic mass is 16.3. The lowest BCUT2D eigenvalue weighted by Gasteiger charge is -2.33. The van der Waals surface area contributed by atoms with Gasteiger partial charge in [0, 0.05) is 22.5 Å². The SMILES string of the molecule is Cc1cc(C)c(N(CO)c2ccc3ccccc3c2-c2c(N(CO)c3c(C)cc(C)cc3C)ccc3ccccc23)c(C)c1. The Labute approximate surface area is 260 Å². The summed E-state index contributed by atoms with van der Waals surface area (Å²) in [6.07, 6.45) is 0. The van der Waals surface area contributed by atoms with E-state index in [9.17, 15) is 10.2 Å². The summed E-state index contributed by atoms with van der Waals surface area (Å²) >= 11 is 0. The maximum absolute atomic E-state index is 11.1. The number of aliphatic hydroxyl groups is 2. The van der Waals surface area contributed by atoms with E-state index >= 15 is 0 Å². The molecule has 6 rings (SSSR count). The Morgan fingerprint density at radius 3 is 1.14 bits per heavy atom. The third-order valence-corrected chi connectivity index (χ3v) is 8.74. The number of fused-ring (bicyclic) bond motifs is 2. The summed E-state index contributed by atoms with van der Waals surface area (Å²) in [6, 6.07) is 34.1. The van der Waals surface area contributed by atoms with Gasteiger partial charge in [0.15, 0.2) is 0 Å². The zero-order chi connectivity index (χ0) is 31.1. The molecule has 0 bridgehead atoms. The number of anilines is 4. The molecule has 0 saturated heterocycles. The predicted octanol–water partition coefficient (Wildman–Crippen LogP) is 9.69. The van der Waals surface area contributed by atoms with E-state index in [1.165, 1.54) is 11.1 Å². The quantitative estimate of drug-likeness (QED) is 0.185. The van der Waals surface area contributed by atoms with Crippen molar-refractivity contribution in [3.63, 3.8) is 0 Å². The molecule has 0 atom stereocenters. The van der Waals surface area contributed by atoms with Crippen LogP contribution >= 0.6 is 0 Å². The van der Waals surface area contributed by atoms with Crippen molar-refractivity contribution in [2.75, 3.05) is 23.3 Å². The predicted molar refractivity (Wildman–Crippen MR) is 187 cm³/mol. The van der Waals surface area contributed by atoms with E-state index in [0.717, 1.165) is 77.7 Å². The van der Waals surface area contributed by atoms with Crippen molar-refractivity contribution < 1.29 is 10.2 Å². The molecule has 222 valence electrons. The molecule has 0 aliphatic carbocycles. The van der Waals surface area contributed by atoms with E-state index in [1.54, 1.807) is 0 Å². The largest absolute Gasteiger partial charge is 0.376 e. The van der Waals surface area contributed by atoms with Crippen LogP contribution in [0.5, 0.6) is 0 Å². The third kappa shape index (κ3) is 5.00. The van der Waals surface area contributed by atoms with Crippen molar-refractivity contribution in [3.05, 3.63) is 130 Å². The molecule has 6 aromatic rings. The first-order chi connectivity index (χ1) is 21.2. The molecular formula is C40H40N2O2. The van der Waals surface area contributed by atoms with E-state index in [2.05, 4.69) is 139 Å². The van der Waals surface area contributed by atoms with Crippen LogP contribution < -0.4 is 9.80 Å². The van der Waals surface area contributed by atoms with Gasteiger partial charge >= 0.3 is 0 Å². The van der Waals surface area contributed by atoms with Gasteiger partial charge in [-0.15, -0.1) is 0 Å². The first kappa shape index (κ1) is 29.4. The van der Waals surface area contributed by atoms with Gasteiger partial charge in [-0.25, -0.2) is 0 Å². The van der Waals surface area contributed by atoms with Crippen LogP contribution in [0.1, 0.15) is 33.4 Å². The van der Waals surface area contributed by atoms with E-state index in [1.807, 2.05) is 9.80 Å². The Morgan fingerprint density at radius 1 is 0.455 bits per heavy atom. The third-order valence-electron chi connectivity index (χ3n) is 8.74. The first-order valence-electron chi connectivity index (χ1n) is 15.2. The minimum atomic E-state index is -0.184. The number of rotatable bonds is 7. The number of nitrogens with zero attached hydrogens (tertiary/aromatic N) is 2. The average Bonchev–Trinajstić information content (AvgIpc) is 3.00. The molecule has 0 aliphatic heterocycles. The highest BCUT2D eigenvalue weighted by Gasteiger charge is 2.26. The van der Waals surface area contributed by atoms with Crippen molar-refractivity contribution in [3.8, 4) is 11.1 Å². The monoisotopic (exact) mass is 580 g/mol. The molecular weight excluding hydrogens is 540 g/mol. The maximum atomic E-state index is 11.1. The van der Waals surface area contributed by atoms with Gasteiger partial charge in [-0.2, -0.15) is 0 Å². The van der Waals surface area contributed by atoms with Crippen LogP contribution in [0.15, 0.2) is 97.1 Å². The van der Waals surface area contributed by atoms with Gasteiger partial charge in [0.05, 0.1) is 11.4 Å². The molecule has 0 unspecified atom stereocenters. The van der Waals surface area contributed by atoms with Gasteiger partial charge in [-0.1, -0.05) is 96.1 Å². The Bertz CT molecular complexity index is 1830. The average molecular weight is 581 g/mol. The molecule has 4 nitrogen and oxygen atoms in total. The zero-order valence-electron chi connectivity index (χ0n) is 26.4. The van der Waals surface area contributed by atoms with E-state index in [0.29, 0.717) is 0 Å². The lowest BCUT2D eigenvalue weighted by molar-refractivity contribution is 0.304. The van der Waals surface area contributed by atoms with Crippen molar-refractivity contribution in [1.29, 1.82) is 0 Å². The summed E-state index contributed by atoms with van der Waals surface area (Å²) in [5, 5.41) is 26.6. The molecule has 44 heavy (non-hydrogen) atoms. The summed E-state index contributed by atoms with van der Waals surface area (Å²) in [7, 11) is 0. The second-order valence-corrected chi connectivity index (χ2v) is 12.0. The molecule has 0 spiro atoms. The molecule has 0 radical (unpaired) electrons. The van der Waals surface area contributed by atoms with Crippen LogP contribution in [-0.2, 0) is 0 Å². The fourth-order valence-electron chi connectivity index (χ4n) is 7.23. The fraction of sp³-hybridized carbons (Fsp3) is 0.200. The molecule has 2 N–H and O–H groups in total. The lowest BCUT2D eigenvalue weighted by atomic mass is 9.89. The maximum Gasteiger partial charge on any atom is 0.120 e. The normalized spacial score (nSPS) is 11.4. The molecule has 0 amide bonds. The molecule has 0 aliphatic rings. The van der Waals surface area contributed by atoms with Crippen LogP contribution in [0.25, 0.3) is 32.7 Å². The van der Waals surface area contributed by atoms with Gasteiger partial charge < -0.3 is 20.0 Å². The molecule has 0 fully saturated rings. The number of hydrogen-bond donors (Lipinski definition) is 2. The van der Waals surface area contributed by atoms with E-state index in [4.69, 9.17) is 0 Å². The van der Waals surface area contributed by atoms with Gasteiger partial charge in [0.1, 0.15) is 13.5 Å². The Hall–Kier alpha value is -4.64. The Balaban J connectivity index is 1.76. The minimum absolute atomic E-state index is 0.184. The summed E-state index contributed by atoms with van der Waals surface area (Å²) < 4.78 is 0. The van der Waals surface area contributed by atoms with Crippen molar-refractivity contribution in [1.82, 2.24) is 0 Å². The lowest BCUT2D eigenvalue weighted by Crippen LogP contribution is -2.23. The highest BCUT2D eigenvalue weighted by Crippen LogP contribution is 2.49. The van der Waals surface area contributed by atoms with Crippen LogP contribution in [0.2, 0.25) is 0 Å². The molecule has 0 aromatic heterocycles. The van der Waals surface area contributed by atoms with Gasteiger partial charge in [-0.3, -0.25) is 0 Å². The number of benzene rings is 6. The molecule has 6 aromatic carbocycles. The van der Waals surface area contributed by atoms with Gasteiger partial charge in [-0.05, 0) is 97.5 Å². The van der Waals surface area contributed by atoms with E-state index in [-0.39, 0.29) is 13.5 Å². The van der Waals surface area contributed by atoms with Crippen molar-refractivity contribution in [2.24, 2.45) is 0 Å². The summed E-state index contributed by atoms with van der Waals surface area (Å²) in [5.41, 5.74) is 12.7. The fourth-order valence-corrected chi connectivity index (χ4v) is 7.23. The Morgan fingerprint density at radius 2 is 0.795 bits per heavy atom. The molecule has 4 heteroatoms.